The van der Waals surface area contributed by atoms with E-state index < -0.39 is 23.6 Å². The number of carbonyl (C=O) groups excluding carboxylic acids is 2. The molecule has 0 spiro atoms. The quantitative estimate of drug-likeness (QED) is 0.739. The molecule has 1 heterocycles. The molecule has 2 aromatic rings. The first-order valence-corrected chi connectivity index (χ1v) is 9.20. The first-order valence-electron chi connectivity index (χ1n) is 9.20. The lowest BCUT2D eigenvalue weighted by atomic mass is 9.92. The molecule has 0 saturated heterocycles. The number of hydrogen-bond donors (Lipinski definition) is 3. The van der Waals surface area contributed by atoms with Gasteiger partial charge >= 0.3 is 0 Å². The smallest absolute Gasteiger partial charge is 0.242 e. The van der Waals surface area contributed by atoms with Gasteiger partial charge in [0.15, 0.2) is 0 Å². The van der Waals surface area contributed by atoms with Crippen molar-refractivity contribution in [2.45, 2.75) is 38.4 Å². The van der Waals surface area contributed by atoms with E-state index in [2.05, 4.69) is 22.9 Å². The van der Waals surface area contributed by atoms with Crippen LogP contribution in [0.3, 0.4) is 0 Å². The number of rotatable bonds is 5. The lowest BCUT2D eigenvalue weighted by Gasteiger charge is -2.32. The van der Waals surface area contributed by atoms with Gasteiger partial charge in [-0.1, -0.05) is 24.3 Å². The summed E-state index contributed by atoms with van der Waals surface area (Å²) < 4.78 is 26.5. The summed E-state index contributed by atoms with van der Waals surface area (Å²) in [5.41, 5.74) is 2.39. The predicted octanol–water partition coefficient (Wildman–Crippen LogP) is 2.53. The van der Waals surface area contributed by atoms with Crippen molar-refractivity contribution < 1.29 is 18.4 Å². The van der Waals surface area contributed by atoms with E-state index in [-0.39, 0.29) is 30.0 Å². The second kappa shape index (κ2) is 8.48. The second-order valence-corrected chi connectivity index (χ2v) is 7.06. The lowest BCUT2D eigenvalue weighted by molar-refractivity contribution is -0.128. The van der Waals surface area contributed by atoms with Crippen LogP contribution in [0.25, 0.3) is 0 Å². The average molecular weight is 387 g/mol. The van der Waals surface area contributed by atoms with Crippen molar-refractivity contribution >= 4 is 11.8 Å². The summed E-state index contributed by atoms with van der Waals surface area (Å²) in [4.78, 5) is 24.7. The van der Waals surface area contributed by atoms with Crippen LogP contribution in [0, 0.1) is 11.6 Å². The Balaban J connectivity index is 1.59. The molecule has 0 saturated carbocycles. The third-order valence-electron chi connectivity index (χ3n) is 4.84. The Morgan fingerprint density at radius 2 is 1.79 bits per heavy atom. The summed E-state index contributed by atoms with van der Waals surface area (Å²) in [5, 5.41) is 8.86. The van der Waals surface area contributed by atoms with Gasteiger partial charge in [-0.05, 0) is 42.7 Å². The van der Waals surface area contributed by atoms with E-state index in [1.165, 1.54) is 0 Å². The van der Waals surface area contributed by atoms with E-state index in [9.17, 15) is 18.4 Å². The fourth-order valence-corrected chi connectivity index (χ4v) is 3.42. The molecule has 7 heteroatoms. The number of fused-ring (bicyclic) bond motifs is 1. The zero-order chi connectivity index (χ0) is 20.3. The van der Waals surface area contributed by atoms with Gasteiger partial charge in [0.1, 0.15) is 17.7 Å². The number of amides is 2. The first-order chi connectivity index (χ1) is 13.3. The largest absolute Gasteiger partial charge is 0.346 e. The molecule has 2 aromatic carbocycles. The molecular weight excluding hydrogens is 364 g/mol. The van der Waals surface area contributed by atoms with Gasteiger partial charge in [0.2, 0.25) is 11.8 Å². The Kier molecular flexibility index (Phi) is 6.04. The number of halogens is 2. The van der Waals surface area contributed by atoms with Gasteiger partial charge in [0.25, 0.3) is 0 Å². The summed E-state index contributed by atoms with van der Waals surface area (Å²) in [6, 6.07) is 10.1. The molecule has 0 aromatic heterocycles. The summed E-state index contributed by atoms with van der Waals surface area (Å²) in [6.07, 6.45) is -0.211. The lowest BCUT2D eigenvalue weighted by Crippen LogP contribution is -2.49. The van der Waals surface area contributed by atoms with Crippen LogP contribution in [-0.4, -0.2) is 24.4 Å². The fourth-order valence-electron chi connectivity index (χ4n) is 3.42. The number of carbonyl (C=O) groups is 2. The molecule has 3 rings (SSSR count). The van der Waals surface area contributed by atoms with E-state index in [0.29, 0.717) is 6.54 Å². The fraction of sp³-hybridized carbons (Fsp3) is 0.333. The van der Waals surface area contributed by atoms with Crippen LogP contribution in [-0.2, 0) is 16.0 Å². The predicted molar refractivity (Wildman–Crippen MR) is 101 cm³/mol. The van der Waals surface area contributed by atoms with Gasteiger partial charge < -0.3 is 16.0 Å². The Hall–Kier alpha value is -2.80. The van der Waals surface area contributed by atoms with Crippen LogP contribution >= 0.6 is 0 Å². The Labute approximate surface area is 162 Å². The Morgan fingerprint density at radius 1 is 1.14 bits per heavy atom. The van der Waals surface area contributed by atoms with Crippen molar-refractivity contribution in [3.8, 4) is 0 Å². The van der Waals surface area contributed by atoms with Crippen molar-refractivity contribution in [2.24, 2.45) is 0 Å². The zero-order valence-corrected chi connectivity index (χ0v) is 15.8. The minimum absolute atomic E-state index is 0.198. The van der Waals surface area contributed by atoms with Gasteiger partial charge in [0.05, 0.1) is 12.5 Å². The SMILES string of the molecule is CC1NCC(NC(=O)[C@H](C)NC(=O)Cc2cc(F)cc(F)c2)c2ccccc21. The summed E-state index contributed by atoms with van der Waals surface area (Å²) >= 11 is 0. The summed E-state index contributed by atoms with van der Waals surface area (Å²) in [7, 11) is 0. The third-order valence-corrected chi connectivity index (χ3v) is 4.84. The number of benzene rings is 2. The normalized spacial score (nSPS) is 19.4. The van der Waals surface area contributed by atoms with Crippen molar-refractivity contribution in [2.75, 3.05) is 6.54 Å². The van der Waals surface area contributed by atoms with Crippen LogP contribution in [0.5, 0.6) is 0 Å². The van der Waals surface area contributed by atoms with Gasteiger partial charge in [-0.3, -0.25) is 9.59 Å². The van der Waals surface area contributed by atoms with E-state index in [1.54, 1.807) is 6.92 Å². The van der Waals surface area contributed by atoms with Crippen molar-refractivity contribution in [1.82, 2.24) is 16.0 Å². The zero-order valence-electron chi connectivity index (χ0n) is 15.8. The van der Waals surface area contributed by atoms with Gasteiger partial charge in [-0.25, -0.2) is 8.78 Å². The molecule has 3 N–H and O–H groups in total. The summed E-state index contributed by atoms with van der Waals surface area (Å²) in [5.74, 6) is -2.30. The van der Waals surface area contributed by atoms with E-state index in [4.69, 9.17) is 0 Å². The molecule has 0 fully saturated rings. The molecule has 1 aliphatic rings. The molecule has 0 radical (unpaired) electrons. The number of hydrogen-bond acceptors (Lipinski definition) is 3. The molecule has 3 atom stereocenters. The minimum Gasteiger partial charge on any atom is -0.346 e. The monoisotopic (exact) mass is 387 g/mol. The molecule has 0 bridgehead atoms. The Morgan fingerprint density at radius 3 is 2.46 bits per heavy atom. The number of nitrogens with one attached hydrogen (secondary N) is 3. The van der Waals surface area contributed by atoms with Crippen molar-refractivity contribution in [3.05, 3.63) is 70.8 Å². The molecular formula is C21H23F2N3O2. The average Bonchev–Trinajstić information content (AvgIpc) is 2.63. The molecule has 1 aliphatic heterocycles. The third kappa shape index (κ3) is 4.72. The summed E-state index contributed by atoms with van der Waals surface area (Å²) in [6.45, 7) is 4.23. The maximum Gasteiger partial charge on any atom is 0.242 e. The van der Waals surface area contributed by atoms with Crippen LogP contribution in [0.1, 0.15) is 42.6 Å². The molecule has 2 unspecified atom stereocenters. The van der Waals surface area contributed by atoms with Crippen LogP contribution in [0.2, 0.25) is 0 Å². The first kappa shape index (κ1) is 19.9. The highest BCUT2D eigenvalue weighted by Gasteiger charge is 2.27. The highest BCUT2D eigenvalue weighted by Crippen LogP contribution is 2.28. The standard InChI is InChI=1S/C21H23F2N3O2/c1-12-17-5-3-4-6-18(17)19(11-24-12)26-21(28)13(2)25-20(27)9-14-7-15(22)10-16(23)8-14/h3-8,10,12-13,19,24H,9,11H2,1-2H3,(H,25,27)(H,26,28)/t12?,13-,19?/m0/s1. The van der Waals surface area contributed by atoms with Crippen LogP contribution < -0.4 is 16.0 Å². The molecule has 28 heavy (non-hydrogen) atoms. The van der Waals surface area contributed by atoms with Gasteiger partial charge in [-0.15, -0.1) is 0 Å². The van der Waals surface area contributed by atoms with Crippen LogP contribution in [0.4, 0.5) is 8.78 Å². The minimum atomic E-state index is -0.780. The highest BCUT2D eigenvalue weighted by molar-refractivity contribution is 5.88. The van der Waals surface area contributed by atoms with Crippen molar-refractivity contribution in [1.29, 1.82) is 0 Å². The molecule has 2 amide bonds. The van der Waals surface area contributed by atoms with Gasteiger partial charge in [0, 0.05) is 18.7 Å². The van der Waals surface area contributed by atoms with E-state index in [1.807, 2.05) is 24.3 Å². The maximum atomic E-state index is 13.2. The Bertz CT molecular complexity index is 867. The maximum absolute atomic E-state index is 13.2. The van der Waals surface area contributed by atoms with Gasteiger partial charge in [-0.2, -0.15) is 0 Å². The van der Waals surface area contributed by atoms with Crippen molar-refractivity contribution in [3.63, 3.8) is 0 Å². The second-order valence-electron chi connectivity index (χ2n) is 7.06. The van der Waals surface area contributed by atoms with E-state index >= 15 is 0 Å². The van der Waals surface area contributed by atoms with Crippen LogP contribution in [0.15, 0.2) is 42.5 Å². The van der Waals surface area contributed by atoms with E-state index in [0.717, 1.165) is 29.3 Å². The topological polar surface area (TPSA) is 70.2 Å². The highest BCUT2D eigenvalue weighted by atomic mass is 19.1. The molecule has 148 valence electrons. The molecule has 5 nitrogen and oxygen atoms in total. The molecule has 0 aliphatic carbocycles.